The average Bonchev–Trinajstić information content (AvgIpc) is 2.64. The third-order valence-corrected chi connectivity index (χ3v) is 7.60. The largest absolute Gasteiger partial charge is 0.460 e. The molecule has 0 rings (SSSR count). The fourth-order valence-electron chi connectivity index (χ4n) is 2.54. The van der Waals surface area contributed by atoms with Crippen LogP contribution in [0.1, 0.15) is 109 Å². The van der Waals surface area contributed by atoms with Crippen LogP contribution in [0, 0.1) is 0 Å². The molecule has 0 saturated heterocycles. The van der Waals surface area contributed by atoms with Crippen molar-refractivity contribution in [3.8, 4) is 0 Å². The van der Waals surface area contributed by atoms with Crippen molar-refractivity contribution in [2.24, 2.45) is 0 Å². The smallest absolute Gasteiger partial charge is 0.307 e. The monoisotopic (exact) mass is 586 g/mol. The number of rotatable bonds is 12. The Morgan fingerprint density at radius 3 is 1.08 bits per heavy atom. The number of carbonyl (C=O) groups excluding carboxylic acids is 2. The van der Waals surface area contributed by atoms with E-state index in [0.29, 0.717) is 12.8 Å². The number of nitrogens with one attached hydrogen (secondary N) is 2. The van der Waals surface area contributed by atoms with Gasteiger partial charge in [0, 0.05) is 25.3 Å². The van der Waals surface area contributed by atoms with Crippen molar-refractivity contribution in [2.75, 3.05) is 13.2 Å². The molecule has 228 valence electrons. The van der Waals surface area contributed by atoms with Gasteiger partial charge in [-0.05, 0) is 95.9 Å². The second kappa shape index (κ2) is 17.0. The topological polar surface area (TPSA) is 151 Å². The molecule has 0 aliphatic heterocycles. The Morgan fingerprint density at radius 2 is 0.895 bits per heavy atom. The Balaban J connectivity index is 0. The molecule has 38 heavy (non-hydrogen) atoms. The third-order valence-electron chi connectivity index (χ3n) is 4.28. The predicted octanol–water partition coefficient (Wildman–Crippen LogP) is 3.04. The molecule has 0 aromatic rings. The summed E-state index contributed by atoms with van der Waals surface area (Å²) in [5.74, 6) is -0.714. The van der Waals surface area contributed by atoms with E-state index in [1.807, 2.05) is 41.5 Å². The Morgan fingerprint density at radius 1 is 0.632 bits per heavy atom. The van der Waals surface area contributed by atoms with Gasteiger partial charge in [-0.3, -0.25) is 9.59 Å². The summed E-state index contributed by atoms with van der Waals surface area (Å²) in [7, 11) is -2.55. The van der Waals surface area contributed by atoms with Crippen LogP contribution in [-0.2, 0) is 41.0 Å². The van der Waals surface area contributed by atoms with Crippen molar-refractivity contribution in [2.45, 2.75) is 142 Å². The third kappa shape index (κ3) is 22.0. The molecule has 10 nitrogen and oxygen atoms in total. The van der Waals surface area contributed by atoms with Gasteiger partial charge in [-0.1, -0.05) is 0 Å². The highest BCUT2D eigenvalue weighted by molar-refractivity contribution is 7.84. The van der Waals surface area contributed by atoms with Gasteiger partial charge in [0.25, 0.3) is 0 Å². The maximum absolute atomic E-state index is 12.0. The van der Waals surface area contributed by atoms with Crippen molar-refractivity contribution >= 4 is 33.9 Å². The fraction of sp³-hybridized carbons (Fsp3) is 0.923. The van der Waals surface area contributed by atoms with Gasteiger partial charge in [-0.2, -0.15) is 0 Å². The minimum absolute atomic E-state index is 0.0677. The highest BCUT2D eigenvalue weighted by Gasteiger charge is 2.27. The highest BCUT2D eigenvalue weighted by Crippen LogP contribution is 2.15. The van der Waals surface area contributed by atoms with Gasteiger partial charge in [0.05, 0.1) is 44.3 Å². The second-order valence-electron chi connectivity index (χ2n) is 13.0. The van der Waals surface area contributed by atoms with Crippen molar-refractivity contribution < 1.29 is 37.7 Å². The Labute approximate surface area is 235 Å². The normalized spacial score (nSPS) is 15.9. The SMILES string of the molecule is CC(C)(C)OC(=O)C[C@@H](CCO)N[S@](=O)C(C)(C)C.CC(C)(C)OC(=O)C[C@@H](CCO)N[S@](=O)C(C)(C)C. The molecule has 0 aliphatic rings. The predicted molar refractivity (Wildman–Crippen MR) is 154 cm³/mol. The number of carbonyl (C=O) groups is 2. The van der Waals surface area contributed by atoms with Gasteiger partial charge in [0.15, 0.2) is 0 Å². The fourth-order valence-corrected chi connectivity index (χ4v) is 4.26. The first kappa shape index (κ1) is 39.2. The van der Waals surface area contributed by atoms with E-state index in [1.54, 1.807) is 41.5 Å². The Bertz CT molecular complexity index is 699. The number of aliphatic hydroxyl groups is 2. The van der Waals surface area contributed by atoms with Crippen LogP contribution in [0.15, 0.2) is 0 Å². The van der Waals surface area contributed by atoms with E-state index in [-0.39, 0.29) is 50.1 Å². The number of ether oxygens (including phenoxy) is 2. The molecule has 0 fully saturated rings. The lowest BCUT2D eigenvalue weighted by Gasteiger charge is -2.25. The summed E-state index contributed by atoms with van der Waals surface area (Å²) < 4.78 is 39.4. The Hall–Kier alpha value is -0.920. The van der Waals surface area contributed by atoms with E-state index >= 15 is 0 Å². The quantitative estimate of drug-likeness (QED) is 0.255. The van der Waals surface area contributed by atoms with Crippen molar-refractivity contribution in [3.05, 3.63) is 0 Å². The van der Waals surface area contributed by atoms with Gasteiger partial charge in [0.1, 0.15) is 11.2 Å². The zero-order valence-electron chi connectivity index (χ0n) is 25.6. The minimum Gasteiger partial charge on any atom is -0.460 e. The van der Waals surface area contributed by atoms with Gasteiger partial charge in [-0.25, -0.2) is 17.9 Å². The second-order valence-corrected chi connectivity index (χ2v) is 17.0. The van der Waals surface area contributed by atoms with Crippen LogP contribution in [0.4, 0.5) is 0 Å². The first-order valence-electron chi connectivity index (χ1n) is 12.9. The number of hydrogen-bond donors (Lipinski definition) is 4. The van der Waals surface area contributed by atoms with E-state index in [9.17, 15) is 18.0 Å². The number of esters is 2. The summed E-state index contributed by atoms with van der Waals surface area (Å²) in [6, 6.07) is -0.695. The number of aliphatic hydroxyl groups excluding tert-OH is 2. The standard InChI is InChI=1S/2C13H27NO4S/c2*1-12(2,3)18-11(16)9-10(7-8-15)14-19(17)13(4,5)6/h2*10,14-15H,7-9H2,1-6H3/t2*10-,19-/m11/s1. The summed E-state index contributed by atoms with van der Waals surface area (Å²) >= 11 is 0. The zero-order valence-corrected chi connectivity index (χ0v) is 27.2. The summed E-state index contributed by atoms with van der Waals surface area (Å²) in [5.41, 5.74) is -1.08. The molecule has 0 spiro atoms. The molecular weight excluding hydrogens is 532 g/mol. The van der Waals surface area contributed by atoms with Gasteiger partial charge in [-0.15, -0.1) is 0 Å². The maximum Gasteiger partial charge on any atom is 0.307 e. The van der Waals surface area contributed by atoms with Crippen molar-refractivity contribution in [1.82, 2.24) is 9.44 Å². The lowest BCUT2D eigenvalue weighted by Crippen LogP contribution is -2.42. The molecule has 4 N–H and O–H groups in total. The molecule has 0 aromatic heterocycles. The first-order chi connectivity index (χ1) is 16.9. The zero-order chi connectivity index (χ0) is 30.5. The summed E-state index contributed by atoms with van der Waals surface area (Å²) in [5, 5.41) is 18.0. The highest BCUT2D eigenvalue weighted by atomic mass is 32.2. The summed E-state index contributed by atoms with van der Waals surface area (Å²) in [6.45, 7) is 21.7. The van der Waals surface area contributed by atoms with E-state index in [4.69, 9.17) is 19.7 Å². The first-order valence-corrected chi connectivity index (χ1v) is 15.2. The van der Waals surface area contributed by atoms with Gasteiger partial charge in [0.2, 0.25) is 0 Å². The minimum atomic E-state index is -1.28. The molecule has 4 atom stereocenters. The summed E-state index contributed by atoms with van der Waals surface area (Å²) in [6.07, 6.45) is 0.918. The van der Waals surface area contributed by atoms with Crippen LogP contribution in [-0.4, -0.2) is 76.6 Å². The lowest BCUT2D eigenvalue weighted by atomic mass is 10.1. The molecule has 0 amide bonds. The Kier molecular flexibility index (Phi) is 17.6. The van der Waals surface area contributed by atoms with Crippen molar-refractivity contribution in [1.29, 1.82) is 0 Å². The average molecular weight is 587 g/mol. The number of hydrogen-bond acceptors (Lipinski definition) is 8. The molecular formula is C26H54N2O8S2. The van der Waals surface area contributed by atoms with Crippen LogP contribution >= 0.6 is 0 Å². The molecule has 12 heteroatoms. The van der Waals surface area contributed by atoms with E-state index in [1.165, 1.54) is 0 Å². The van der Waals surface area contributed by atoms with E-state index in [2.05, 4.69) is 9.44 Å². The molecule has 0 saturated carbocycles. The van der Waals surface area contributed by atoms with E-state index < -0.39 is 42.7 Å². The summed E-state index contributed by atoms with van der Waals surface area (Å²) in [4.78, 5) is 23.5. The van der Waals surface area contributed by atoms with Crippen LogP contribution < -0.4 is 9.44 Å². The van der Waals surface area contributed by atoms with E-state index in [0.717, 1.165) is 0 Å². The van der Waals surface area contributed by atoms with Crippen LogP contribution in [0.2, 0.25) is 0 Å². The molecule has 0 aromatic carbocycles. The van der Waals surface area contributed by atoms with Gasteiger partial charge >= 0.3 is 11.9 Å². The van der Waals surface area contributed by atoms with Crippen LogP contribution in [0.3, 0.4) is 0 Å². The lowest BCUT2D eigenvalue weighted by molar-refractivity contribution is -0.156. The molecule has 0 aliphatic carbocycles. The molecule has 0 bridgehead atoms. The van der Waals surface area contributed by atoms with Crippen molar-refractivity contribution in [3.63, 3.8) is 0 Å². The van der Waals surface area contributed by atoms with Gasteiger partial charge < -0.3 is 19.7 Å². The molecule has 0 heterocycles. The maximum atomic E-state index is 12.0. The molecule has 0 unspecified atom stereocenters. The van der Waals surface area contributed by atoms with Crippen LogP contribution in [0.25, 0.3) is 0 Å². The van der Waals surface area contributed by atoms with Crippen LogP contribution in [0.5, 0.6) is 0 Å². The molecule has 0 radical (unpaired) electrons.